The minimum Gasteiger partial charge on any atom is -0.260 e. The minimum absolute atomic E-state index is 0.824. The van der Waals surface area contributed by atoms with E-state index < -0.39 is 0 Å². The third-order valence-electron chi connectivity index (χ3n) is 0.996. The van der Waals surface area contributed by atoms with Gasteiger partial charge in [0.25, 0.3) is 0 Å². The van der Waals surface area contributed by atoms with Crippen LogP contribution in [0, 0.1) is 11.3 Å². The topological polar surface area (TPSA) is 17.8 Å². The van der Waals surface area contributed by atoms with Gasteiger partial charge in [-0.05, 0) is 23.6 Å². The van der Waals surface area contributed by atoms with Crippen LogP contribution in [0.25, 0.3) is 0 Å². The highest BCUT2D eigenvalue weighted by atomic mass is 35.5. The van der Waals surface area contributed by atoms with Crippen molar-refractivity contribution in [3.8, 4) is 11.3 Å². The lowest BCUT2D eigenvalue weighted by Gasteiger charge is -1.87. The number of hydrogen-bond acceptors (Lipinski definition) is 1. The van der Waals surface area contributed by atoms with Crippen LogP contribution >= 0.6 is 11.6 Å². The average Bonchev–Trinajstić information content (AvgIpc) is 2.18. The van der Waals surface area contributed by atoms with Crippen molar-refractivity contribution >= 4 is 11.6 Å². The molecule has 0 amide bonds. The summed E-state index contributed by atoms with van der Waals surface area (Å²) in [4.78, 5) is 0. The van der Waals surface area contributed by atoms with Crippen LogP contribution in [0.1, 0.15) is 5.69 Å². The molecule has 0 fully saturated rings. The molecule has 0 aliphatic carbocycles. The number of nitrogens with zero attached hydrogens (tertiary/aromatic N) is 2. The van der Waals surface area contributed by atoms with E-state index >= 15 is 0 Å². The Morgan fingerprint density at radius 3 is 3.00 bits per heavy atom. The zero-order valence-electron chi connectivity index (χ0n) is 4.93. The number of hydrogen-bond donors (Lipinski definition) is 0. The molecule has 0 saturated heterocycles. The van der Waals surface area contributed by atoms with Crippen molar-refractivity contribution in [1.82, 2.24) is 9.78 Å². The van der Waals surface area contributed by atoms with E-state index in [1.807, 2.05) is 7.05 Å². The van der Waals surface area contributed by atoms with Crippen LogP contribution in [0.5, 0.6) is 0 Å². The van der Waals surface area contributed by atoms with Gasteiger partial charge in [0.15, 0.2) is 0 Å². The Balaban J connectivity index is 3.03. The van der Waals surface area contributed by atoms with Crippen LogP contribution in [-0.2, 0) is 7.05 Å². The maximum Gasteiger partial charge on any atom is 0.112 e. The van der Waals surface area contributed by atoms with Crippen molar-refractivity contribution < 1.29 is 0 Å². The van der Waals surface area contributed by atoms with Crippen LogP contribution in [0.3, 0.4) is 0 Å². The number of halogens is 1. The van der Waals surface area contributed by atoms with E-state index in [-0.39, 0.29) is 0 Å². The molecule has 0 aromatic carbocycles. The van der Waals surface area contributed by atoms with E-state index in [0.717, 1.165) is 5.69 Å². The van der Waals surface area contributed by atoms with Gasteiger partial charge < -0.3 is 0 Å². The van der Waals surface area contributed by atoms with Crippen molar-refractivity contribution in [2.24, 2.45) is 7.05 Å². The standard InChI is InChI=1S/C6H5ClN2/c1-9-6(2-4-7)3-5-8-9/h3,5H,1H3. The van der Waals surface area contributed by atoms with Gasteiger partial charge in [-0.25, -0.2) is 0 Å². The third kappa shape index (κ3) is 1.24. The first-order valence-corrected chi connectivity index (χ1v) is 2.82. The molecule has 0 atom stereocenters. The van der Waals surface area contributed by atoms with Crippen LogP contribution in [-0.4, -0.2) is 9.78 Å². The summed E-state index contributed by atoms with van der Waals surface area (Å²) in [6, 6.07) is 1.80. The first kappa shape index (κ1) is 6.18. The molecule has 1 heterocycles. The monoisotopic (exact) mass is 140 g/mol. The van der Waals surface area contributed by atoms with E-state index in [2.05, 4.69) is 16.4 Å². The predicted octanol–water partition coefficient (Wildman–Crippen LogP) is 0.968. The first-order chi connectivity index (χ1) is 4.34. The van der Waals surface area contributed by atoms with Gasteiger partial charge in [0.05, 0.1) is 6.20 Å². The molecule has 2 nitrogen and oxygen atoms in total. The highest BCUT2D eigenvalue weighted by Gasteiger charge is 1.88. The van der Waals surface area contributed by atoms with E-state index in [9.17, 15) is 0 Å². The Morgan fingerprint density at radius 1 is 1.78 bits per heavy atom. The summed E-state index contributed by atoms with van der Waals surface area (Å²) in [5, 5.41) is 6.16. The molecule has 0 bridgehead atoms. The fraction of sp³-hybridized carbons (Fsp3) is 0.167. The summed E-state index contributed by atoms with van der Waals surface area (Å²) < 4.78 is 1.66. The fourth-order valence-corrected chi connectivity index (χ4v) is 0.642. The summed E-state index contributed by atoms with van der Waals surface area (Å²) in [5.41, 5.74) is 0.824. The molecule has 0 radical (unpaired) electrons. The molecule has 3 heteroatoms. The predicted molar refractivity (Wildman–Crippen MR) is 35.9 cm³/mol. The summed E-state index contributed by atoms with van der Waals surface area (Å²) in [6.07, 6.45) is 1.68. The summed E-state index contributed by atoms with van der Waals surface area (Å²) >= 11 is 5.16. The van der Waals surface area contributed by atoms with Crippen molar-refractivity contribution in [3.63, 3.8) is 0 Å². The van der Waals surface area contributed by atoms with Crippen LogP contribution in [0.15, 0.2) is 12.3 Å². The van der Waals surface area contributed by atoms with Gasteiger partial charge in [0, 0.05) is 12.4 Å². The van der Waals surface area contributed by atoms with Gasteiger partial charge in [-0.15, -0.1) is 0 Å². The Hall–Kier alpha value is -0.940. The summed E-state index contributed by atoms with van der Waals surface area (Å²) in [7, 11) is 1.82. The molecule has 0 N–H and O–H groups in total. The third-order valence-corrected chi connectivity index (χ3v) is 1.09. The van der Waals surface area contributed by atoms with Crippen molar-refractivity contribution in [2.75, 3.05) is 0 Å². The Labute approximate surface area is 58.4 Å². The maximum absolute atomic E-state index is 5.16. The van der Waals surface area contributed by atoms with E-state index in [1.165, 1.54) is 0 Å². The molecule has 0 saturated carbocycles. The number of rotatable bonds is 0. The fourth-order valence-electron chi connectivity index (χ4n) is 0.545. The molecule has 0 aliphatic heterocycles. The van der Waals surface area contributed by atoms with Crippen LogP contribution in [0.2, 0.25) is 0 Å². The SMILES string of the molecule is Cn1nccc1C#CCl. The van der Waals surface area contributed by atoms with Crippen LogP contribution < -0.4 is 0 Å². The first-order valence-electron chi connectivity index (χ1n) is 2.44. The second kappa shape index (κ2) is 2.56. The van der Waals surface area contributed by atoms with Gasteiger partial charge in [-0.3, -0.25) is 4.68 Å². The van der Waals surface area contributed by atoms with Gasteiger partial charge >= 0.3 is 0 Å². The second-order valence-electron chi connectivity index (χ2n) is 1.56. The smallest absolute Gasteiger partial charge is 0.112 e. The van der Waals surface area contributed by atoms with Crippen molar-refractivity contribution in [3.05, 3.63) is 18.0 Å². The Morgan fingerprint density at radius 2 is 2.56 bits per heavy atom. The molecule has 9 heavy (non-hydrogen) atoms. The number of aryl methyl sites for hydroxylation is 1. The zero-order chi connectivity index (χ0) is 6.69. The van der Waals surface area contributed by atoms with Crippen molar-refractivity contribution in [2.45, 2.75) is 0 Å². The molecule has 46 valence electrons. The molecule has 0 unspecified atom stereocenters. The molecule has 1 aromatic heterocycles. The van der Waals surface area contributed by atoms with Gasteiger partial charge in [0.2, 0.25) is 0 Å². The highest BCUT2D eigenvalue weighted by Crippen LogP contribution is 1.91. The second-order valence-corrected chi connectivity index (χ2v) is 1.75. The summed E-state index contributed by atoms with van der Waals surface area (Å²) in [5.74, 6) is 2.67. The lowest BCUT2D eigenvalue weighted by molar-refractivity contribution is 0.757. The lowest BCUT2D eigenvalue weighted by Crippen LogP contribution is -1.92. The molecular weight excluding hydrogens is 136 g/mol. The molecular formula is C6H5ClN2. The largest absolute Gasteiger partial charge is 0.260 e. The van der Waals surface area contributed by atoms with E-state index in [0.29, 0.717) is 0 Å². The van der Waals surface area contributed by atoms with Crippen LogP contribution in [0.4, 0.5) is 0 Å². The van der Waals surface area contributed by atoms with Gasteiger partial charge in [-0.2, -0.15) is 5.10 Å². The quantitative estimate of drug-likeness (QED) is 0.491. The highest BCUT2D eigenvalue weighted by molar-refractivity contribution is 6.30. The Kier molecular flexibility index (Phi) is 1.76. The average molecular weight is 141 g/mol. The van der Waals surface area contributed by atoms with E-state index in [4.69, 9.17) is 11.6 Å². The zero-order valence-corrected chi connectivity index (χ0v) is 5.68. The van der Waals surface area contributed by atoms with Gasteiger partial charge in [0.1, 0.15) is 5.69 Å². The van der Waals surface area contributed by atoms with Gasteiger partial charge in [-0.1, -0.05) is 0 Å². The molecule has 0 spiro atoms. The number of aromatic nitrogens is 2. The van der Waals surface area contributed by atoms with E-state index in [1.54, 1.807) is 16.9 Å². The molecule has 1 rings (SSSR count). The lowest BCUT2D eigenvalue weighted by atomic mass is 10.4. The summed E-state index contributed by atoms with van der Waals surface area (Å²) in [6.45, 7) is 0. The normalized spacial score (nSPS) is 8.22. The molecule has 1 aromatic rings. The Bertz CT molecular complexity index is 254. The molecule has 0 aliphatic rings. The van der Waals surface area contributed by atoms with Crippen molar-refractivity contribution in [1.29, 1.82) is 0 Å². The maximum atomic E-state index is 5.16. The minimum atomic E-state index is 0.824.